The minimum Gasteiger partial charge on any atom is -0.370 e. The first-order chi connectivity index (χ1) is 14.7. The van der Waals surface area contributed by atoms with E-state index in [4.69, 9.17) is 4.74 Å². The highest BCUT2D eigenvalue weighted by atomic mass is 16.5. The Hall–Kier alpha value is -1.93. The number of Topliss-reactive ketones (excluding diaryl/α,β-unsaturated/α-hetero) is 1. The van der Waals surface area contributed by atoms with Crippen molar-refractivity contribution in [1.29, 1.82) is 0 Å². The molecule has 0 bridgehead atoms. The fourth-order valence-electron chi connectivity index (χ4n) is 3.72. The molecule has 30 heavy (non-hydrogen) atoms. The van der Waals surface area contributed by atoms with E-state index in [0.29, 0.717) is 6.61 Å². The van der Waals surface area contributed by atoms with Gasteiger partial charge in [-0.3, -0.25) is 4.79 Å². The molecule has 1 atom stereocenters. The molecule has 2 rings (SSSR count). The normalized spacial score (nSPS) is 12.1. The lowest BCUT2D eigenvalue weighted by molar-refractivity contribution is 0.0465. The summed E-state index contributed by atoms with van der Waals surface area (Å²) in [5.41, 5.74) is 4.48. The zero-order valence-corrected chi connectivity index (χ0v) is 19.3. The highest BCUT2D eigenvalue weighted by Crippen LogP contribution is 2.22. The molecule has 2 nitrogen and oxygen atoms in total. The summed E-state index contributed by atoms with van der Waals surface area (Å²) in [7, 11) is 0. The molecule has 0 saturated heterocycles. The highest BCUT2D eigenvalue weighted by molar-refractivity contribution is 5.99. The maximum Gasteiger partial charge on any atom is 0.191 e. The quantitative estimate of drug-likeness (QED) is 0.220. The Morgan fingerprint density at radius 2 is 1.27 bits per heavy atom. The fraction of sp³-hybridized carbons (Fsp3) is 0.536. The molecule has 1 unspecified atom stereocenters. The van der Waals surface area contributed by atoms with E-state index in [1.807, 2.05) is 31.2 Å². The zero-order valence-electron chi connectivity index (χ0n) is 19.3. The van der Waals surface area contributed by atoms with Crippen molar-refractivity contribution in [2.45, 2.75) is 91.1 Å². The summed E-state index contributed by atoms with van der Waals surface area (Å²) in [6.45, 7) is 6.94. The first kappa shape index (κ1) is 24.3. The van der Waals surface area contributed by atoms with Gasteiger partial charge in [0.15, 0.2) is 5.78 Å². The van der Waals surface area contributed by atoms with Crippen LogP contribution in [0.2, 0.25) is 0 Å². The molecule has 0 aliphatic heterocycles. The first-order valence-electron chi connectivity index (χ1n) is 12.0. The molecule has 2 heteroatoms. The predicted octanol–water partition coefficient (Wildman–Crippen LogP) is 8.03. The van der Waals surface area contributed by atoms with Gasteiger partial charge in [0.2, 0.25) is 0 Å². The van der Waals surface area contributed by atoms with Crippen LogP contribution in [0.15, 0.2) is 48.5 Å². The van der Waals surface area contributed by atoms with E-state index in [2.05, 4.69) is 38.1 Å². The SMILES string of the molecule is CCCCCCCCc1ccc(-c2ccc(C(=O)C(C)OCCCCC)cc2)cc1. The van der Waals surface area contributed by atoms with Crippen molar-refractivity contribution in [3.8, 4) is 11.1 Å². The van der Waals surface area contributed by atoms with Crippen LogP contribution in [0.25, 0.3) is 11.1 Å². The Morgan fingerprint density at radius 3 is 1.90 bits per heavy atom. The van der Waals surface area contributed by atoms with Crippen molar-refractivity contribution in [2.75, 3.05) is 6.61 Å². The molecule has 0 saturated carbocycles. The molecule has 2 aromatic rings. The number of carbonyl (C=O) groups excluding carboxylic acids is 1. The van der Waals surface area contributed by atoms with Crippen LogP contribution in [0.5, 0.6) is 0 Å². The Labute approximate surface area is 184 Å². The van der Waals surface area contributed by atoms with Crippen LogP contribution >= 0.6 is 0 Å². The lowest BCUT2D eigenvalue weighted by atomic mass is 9.98. The molecular formula is C28H40O2. The second-order valence-electron chi connectivity index (χ2n) is 8.38. The van der Waals surface area contributed by atoms with Gasteiger partial charge in [-0.25, -0.2) is 0 Å². The van der Waals surface area contributed by atoms with Crippen molar-refractivity contribution < 1.29 is 9.53 Å². The van der Waals surface area contributed by atoms with E-state index < -0.39 is 0 Å². The van der Waals surface area contributed by atoms with E-state index in [-0.39, 0.29) is 11.9 Å². The molecular weight excluding hydrogens is 368 g/mol. The summed E-state index contributed by atoms with van der Waals surface area (Å²) in [6.07, 6.45) is 12.1. The standard InChI is InChI=1S/C28H40O2/c1-4-6-8-9-10-11-13-24-14-16-25(17-15-24)26-18-20-27(21-19-26)28(29)23(3)30-22-12-7-5-2/h14-21,23H,4-13,22H2,1-3H3. The van der Waals surface area contributed by atoms with Crippen LogP contribution < -0.4 is 0 Å². The van der Waals surface area contributed by atoms with Crippen LogP contribution in [0, 0.1) is 0 Å². The predicted molar refractivity (Wildman–Crippen MR) is 128 cm³/mol. The third kappa shape index (κ3) is 8.44. The monoisotopic (exact) mass is 408 g/mol. The largest absolute Gasteiger partial charge is 0.370 e. The fourth-order valence-corrected chi connectivity index (χ4v) is 3.72. The van der Waals surface area contributed by atoms with Crippen molar-refractivity contribution in [1.82, 2.24) is 0 Å². The van der Waals surface area contributed by atoms with Crippen LogP contribution in [0.1, 0.15) is 94.5 Å². The van der Waals surface area contributed by atoms with E-state index in [1.54, 1.807) is 0 Å². The molecule has 0 N–H and O–H groups in total. The van der Waals surface area contributed by atoms with Gasteiger partial charge in [0.25, 0.3) is 0 Å². The minimum atomic E-state index is -0.381. The molecule has 0 aliphatic rings. The Balaban J connectivity index is 1.83. The van der Waals surface area contributed by atoms with Gasteiger partial charge in [0.05, 0.1) is 0 Å². The van der Waals surface area contributed by atoms with E-state index in [1.165, 1.54) is 49.7 Å². The number of rotatable bonds is 15. The summed E-state index contributed by atoms with van der Waals surface area (Å²) in [5.74, 6) is 0.0623. The molecule has 0 fully saturated rings. The molecule has 0 amide bonds. The van der Waals surface area contributed by atoms with Crippen LogP contribution in [-0.2, 0) is 11.2 Å². The Morgan fingerprint density at radius 1 is 0.733 bits per heavy atom. The number of hydrogen-bond acceptors (Lipinski definition) is 2. The average Bonchev–Trinajstić information content (AvgIpc) is 2.79. The van der Waals surface area contributed by atoms with E-state index in [0.717, 1.165) is 36.8 Å². The van der Waals surface area contributed by atoms with Gasteiger partial charge in [-0.2, -0.15) is 0 Å². The molecule has 0 heterocycles. The molecule has 0 aromatic heterocycles. The maximum atomic E-state index is 12.6. The molecule has 2 aromatic carbocycles. The van der Waals surface area contributed by atoms with Crippen LogP contribution in [0.4, 0.5) is 0 Å². The number of hydrogen-bond donors (Lipinski definition) is 0. The second-order valence-corrected chi connectivity index (χ2v) is 8.38. The Kier molecular flexibility index (Phi) is 11.5. The van der Waals surface area contributed by atoms with Gasteiger partial charge in [-0.15, -0.1) is 0 Å². The summed E-state index contributed by atoms with van der Waals surface area (Å²) < 4.78 is 5.70. The highest BCUT2D eigenvalue weighted by Gasteiger charge is 2.15. The number of ether oxygens (including phenoxy) is 1. The molecule has 164 valence electrons. The summed E-state index contributed by atoms with van der Waals surface area (Å²) in [5, 5.41) is 0. The van der Waals surface area contributed by atoms with Crippen LogP contribution in [-0.4, -0.2) is 18.5 Å². The zero-order chi connectivity index (χ0) is 21.6. The number of carbonyl (C=O) groups is 1. The average molecular weight is 409 g/mol. The van der Waals surface area contributed by atoms with Gasteiger partial charge in [-0.05, 0) is 42.9 Å². The van der Waals surface area contributed by atoms with Gasteiger partial charge in [0.1, 0.15) is 6.10 Å². The van der Waals surface area contributed by atoms with Gasteiger partial charge in [0, 0.05) is 12.2 Å². The number of unbranched alkanes of at least 4 members (excludes halogenated alkanes) is 7. The topological polar surface area (TPSA) is 26.3 Å². The number of ketones is 1. The second kappa shape index (κ2) is 14.1. The van der Waals surface area contributed by atoms with Gasteiger partial charge >= 0.3 is 0 Å². The van der Waals surface area contributed by atoms with Gasteiger partial charge in [-0.1, -0.05) is 107 Å². The maximum absolute atomic E-state index is 12.6. The molecule has 0 spiro atoms. The lowest BCUT2D eigenvalue weighted by Gasteiger charge is -2.12. The summed E-state index contributed by atoms with van der Waals surface area (Å²) in [6, 6.07) is 16.8. The third-order valence-corrected chi connectivity index (χ3v) is 5.76. The smallest absolute Gasteiger partial charge is 0.191 e. The third-order valence-electron chi connectivity index (χ3n) is 5.76. The van der Waals surface area contributed by atoms with Crippen molar-refractivity contribution >= 4 is 5.78 Å². The molecule has 0 aliphatic carbocycles. The van der Waals surface area contributed by atoms with Crippen molar-refractivity contribution in [3.63, 3.8) is 0 Å². The molecule has 0 radical (unpaired) electrons. The first-order valence-corrected chi connectivity index (χ1v) is 12.0. The Bertz CT molecular complexity index is 715. The van der Waals surface area contributed by atoms with Crippen molar-refractivity contribution in [2.24, 2.45) is 0 Å². The van der Waals surface area contributed by atoms with E-state index >= 15 is 0 Å². The van der Waals surface area contributed by atoms with Crippen molar-refractivity contribution in [3.05, 3.63) is 59.7 Å². The number of aryl methyl sites for hydroxylation is 1. The lowest BCUT2D eigenvalue weighted by Crippen LogP contribution is -2.21. The number of benzene rings is 2. The van der Waals surface area contributed by atoms with Gasteiger partial charge < -0.3 is 4.74 Å². The van der Waals surface area contributed by atoms with E-state index in [9.17, 15) is 4.79 Å². The minimum absolute atomic E-state index is 0.0623. The summed E-state index contributed by atoms with van der Waals surface area (Å²) in [4.78, 5) is 12.6. The summed E-state index contributed by atoms with van der Waals surface area (Å²) >= 11 is 0. The van der Waals surface area contributed by atoms with Crippen LogP contribution in [0.3, 0.4) is 0 Å².